The molecule has 1 aromatic rings. The number of benzene rings is 1. The van der Waals surface area contributed by atoms with Gasteiger partial charge in [-0.05, 0) is 31.5 Å². The van der Waals surface area contributed by atoms with Crippen molar-refractivity contribution in [1.82, 2.24) is 5.32 Å². The summed E-state index contributed by atoms with van der Waals surface area (Å²) in [5.74, 6) is -0.158. The molecule has 1 atom stereocenters. The number of unbranched alkanes of at least 4 members (excludes halogenated alkanes) is 1. The molecule has 1 aromatic carbocycles. The number of nitrogens with one attached hydrogen (secondary N) is 1. The second-order valence-corrected chi connectivity index (χ2v) is 4.45. The molecule has 1 rings (SSSR count). The predicted octanol–water partition coefficient (Wildman–Crippen LogP) is 2.16. The fourth-order valence-corrected chi connectivity index (χ4v) is 1.55. The molecule has 0 bridgehead atoms. The highest BCUT2D eigenvalue weighted by Gasteiger charge is 2.17. The van der Waals surface area contributed by atoms with Crippen LogP contribution in [0.2, 0.25) is 0 Å². The summed E-state index contributed by atoms with van der Waals surface area (Å²) in [5.41, 5.74) is 0.442. The third kappa shape index (κ3) is 4.91. The van der Waals surface area contributed by atoms with Crippen molar-refractivity contribution in [3.63, 3.8) is 0 Å². The maximum absolute atomic E-state index is 12.0. The molecular formula is C15H21NO4. The van der Waals surface area contributed by atoms with Gasteiger partial charge in [0.1, 0.15) is 11.8 Å². The quantitative estimate of drug-likeness (QED) is 0.613. The smallest absolute Gasteiger partial charge is 0.328 e. The van der Waals surface area contributed by atoms with E-state index < -0.39 is 12.0 Å². The highest BCUT2D eigenvalue weighted by Crippen LogP contribution is 2.12. The standard InChI is InChI=1S/C15H21NO4/c1-4-5-9-20-15(18)11(2)16-14(17)12-7-6-8-13(10-12)19-3/h6-8,10-11H,4-5,9H2,1-3H3,(H,16,17). The van der Waals surface area contributed by atoms with Crippen molar-refractivity contribution >= 4 is 11.9 Å². The molecule has 0 aliphatic carbocycles. The summed E-state index contributed by atoms with van der Waals surface area (Å²) in [7, 11) is 1.53. The van der Waals surface area contributed by atoms with Crippen LogP contribution < -0.4 is 10.1 Å². The van der Waals surface area contributed by atoms with Gasteiger partial charge >= 0.3 is 5.97 Å². The molecule has 110 valence electrons. The Morgan fingerprint density at radius 2 is 2.10 bits per heavy atom. The van der Waals surface area contributed by atoms with Crippen molar-refractivity contribution in [2.24, 2.45) is 0 Å². The van der Waals surface area contributed by atoms with E-state index in [4.69, 9.17) is 9.47 Å². The van der Waals surface area contributed by atoms with Gasteiger partial charge in [0.15, 0.2) is 0 Å². The number of hydrogen-bond acceptors (Lipinski definition) is 4. The summed E-state index contributed by atoms with van der Waals surface area (Å²) < 4.78 is 10.1. The van der Waals surface area contributed by atoms with Crippen LogP contribution in [-0.2, 0) is 9.53 Å². The lowest BCUT2D eigenvalue weighted by Crippen LogP contribution is -2.39. The highest BCUT2D eigenvalue weighted by atomic mass is 16.5. The number of methoxy groups -OCH3 is 1. The molecule has 1 unspecified atom stereocenters. The first-order valence-corrected chi connectivity index (χ1v) is 6.70. The van der Waals surface area contributed by atoms with Crippen LogP contribution in [-0.4, -0.2) is 31.6 Å². The fourth-order valence-electron chi connectivity index (χ4n) is 1.55. The molecule has 0 aromatic heterocycles. The summed E-state index contributed by atoms with van der Waals surface area (Å²) in [6, 6.07) is 6.07. The molecule has 0 saturated carbocycles. The van der Waals surface area contributed by atoms with Gasteiger partial charge in [0.05, 0.1) is 13.7 Å². The van der Waals surface area contributed by atoms with Crippen LogP contribution in [0.1, 0.15) is 37.0 Å². The molecule has 1 amide bonds. The maximum atomic E-state index is 12.0. The Morgan fingerprint density at radius 1 is 1.35 bits per heavy atom. The molecule has 0 aliphatic rings. The molecular weight excluding hydrogens is 258 g/mol. The molecule has 0 saturated heterocycles. The predicted molar refractivity (Wildman–Crippen MR) is 75.8 cm³/mol. The molecule has 20 heavy (non-hydrogen) atoms. The lowest BCUT2D eigenvalue weighted by Gasteiger charge is -2.13. The number of amides is 1. The average molecular weight is 279 g/mol. The van der Waals surface area contributed by atoms with E-state index in [1.54, 1.807) is 31.2 Å². The van der Waals surface area contributed by atoms with Gasteiger partial charge in [-0.2, -0.15) is 0 Å². The van der Waals surface area contributed by atoms with Gasteiger partial charge in [0, 0.05) is 5.56 Å². The first kappa shape index (κ1) is 16.0. The van der Waals surface area contributed by atoms with Crippen molar-refractivity contribution in [3.05, 3.63) is 29.8 Å². The molecule has 0 aliphatic heterocycles. The summed E-state index contributed by atoms with van der Waals surface area (Å²) in [6.45, 7) is 4.00. The largest absolute Gasteiger partial charge is 0.497 e. The zero-order valence-electron chi connectivity index (χ0n) is 12.1. The van der Waals surface area contributed by atoms with Gasteiger partial charge in [-0.25, -0.2) is 4.79 Å². The monoisotopic (exact) mass is 279 g/mol. The number of esters is 1. The van der Waals surface area contributed by atoms with Crippen LogP contribution in [0.5, 0.6) is 5.75 Å². The molecule has 0 radical (unpaired) electrons. The van der Waals surface area contributed by atoms with Crippen molar-refractivity contribution in [3.8, 4) is 5.75 Å². The van der Waals surface area contributed by atoms with Crippen LogP contribution in [0.4, 0.5) is 0 Å². The number of ether oxygens (including phenoxy) is 2. The second kappa shape index (κ2) is 8.19. The maximum Gasteiger partial charge on any atom is 0.328 e. The molecule has 1 N–H and O–H groups in total. The van der Waals surface area contributed by atoms with Crippen LogP contribution >= 0.6 is 0 Å². The minimum absolute atomic E-state index is 0.330. The molecule has 5 nitrogen and oxygen atoms in total. The van der Waals surface area contributed by atoms with Gasteiger partial charge in [0.25, 0.3) is 5.91 Å². The zero-order valence-corrected chi connectivity index (χ0v) is 12.1. The van der Waals surface area contributed by atoms with Crippen molar-refractivity contribution in [1.29, 1.82) is 0 Å². The Morgan fingerprint density at radius 3 is 2.75 bits per heavy atom. The first-order chi connectivity index (χ1) is 9.58. The summed E-state index contributed by atoms with van der Waals surface area (Å²) in [5, 5.41) is 2.61. The third-order valence-electron chi connectivity index (χ3n) is 2.78. The van der Waals surface area contributed by atoms with Gasteiger partial charge in [-0.1, -0.05) is 19.4 Å². The summed E-state index contributed by atoms with van der Waals surface area (Å²) in [4.78, 5) is 23.6. The third-order valence-corrected chi connectivity index (χ3v) is 2.78. The normalized spacial score (nSPS) is 11.6. The number of hydrogen-bond donors (Lipinski definition) is 1. The van der Waals surface area contributed by atoms with E-state index in [-0.39, 0.29) is 5.91 Å². The Bertz CT molecular complexity index is 459. The van der Waals surface area contributed by atoms with E-state index in [2.05, 4.69) is 5.32 Å². The number of carbonyl (C=O) groups excluding carboxylic acids is 2. The van der Waals surface area contributed by atoms with E-state index >= 15 is 0 Å². The van der Waals surface area contributed by atoms with Crippen LogP contribution in [0.15, 0.2) is 24.3 Å². The van der Waals surface area contributed by atoms with Crippen LogP contribution in [0.3, 0.4) is 0 Å². The van der Waals surface area contributed by atoms with E-state index in [1.807, 2.05) is 6.92 Å². The Hall–Kier alpha value is -2.04. The highest BCUT2D eigenvalue weighted by molar-refractivity contribution is 5.97. The number of rotatable bonds is 7. The van der Waals surface area contributed by atoms with Gasteiger partial charge in [0.2, 0.25) is 0 Å². The van der Waals surface area contributed by atoms with Crippen molar-refractivity contribution < 1.29 is 19.1 Å². The van der Waals surface area contributed by atoms with Crippen molar-refractivity contribution in [2.45, 2.75) is 32.7 Å². The Balaban J connectivity index is 2.54. The van der Waals surface area contributed by atoms with Gasteiger partial charge in [-0.15, -0.1) is 0 Å². The first-order valence-electron chi connectivity index (χ1n) is 6.70. The van der Waals surface area contributed by atoms with Crippen LogP contribution in [0.25, 0.3) is 0 Å². The van der Waals surface area contributed by atoms with E-state index in [9.17, 15) is 9.59 Å². The van der Waals surface area contributed by atoms with Crippen LogP contribution in [0, 0.1) is 0 Å². The average Bonchev–Trinajstić information content (AvgIpc) is 2.47. The van der Waals surface area contributed by atoms with Crippen molar-refractivity contribution in [2.75, 3.05) is 13.7 Å². The SMILES string of the molecule is CCCCOC(=O)C(C)NC(=O)c1cccc(OC)c1. The molecule has 0 heterocycles. The Kier molecular flexibility index (Phi) is 6.56. The molecule has 0 fully saturated rings. The fraction of sp³-hybridized carbons (Fsp3) is 0.467. The topological polar surface area (TPSA) is 64.6 Å². The van der Waals surface area contributed by atoms with E-state index in [1.165, 1.54) is 7.11 Å². The Labute approximate surface area is 119 Å². The lowest BCUT2D eigenvalue weighted by atomic mass is 10.2. The summed E-state index contributed by atoms with van der Waals surface area (Å²) in [6.07, 6.45) is 1.78. The second-order valence-electron chi connectivity index (χ2n) is 4.45. The summed E-state index contributed by atoms with van der Waals surface area (Å²) >= 11 is 0. The minimum atomic E-state index is -0.675. The van der Waals surface area contributed by atoms with E-state index in [0.29, 0.717) is 17.9 Å². The number of carbonyl (C=O) groups is 2. The molecule has 0 spiro atoms. The lowest BCUT2D eigenvalue weighted by molar-refractivity contribution is -0.145. The van der Waals surface area contributed by atoms with Gasteiger partial charge < -0.3 is 14.8 Å². The van der Waals surface area contributed by atoms with Gasteiger partial charge in [-0.3, -0.25) is 4.79 Å². The van der Waals surface area contributed by atoms with E-state index in [0.717, 1.165) is 12.8 Å². The zero-order chi connectivity index (χ0) is 15.0. The molecule has 5 heteroatoms. The minimum Gasteiger partial charge on any atom is -0.497 e.